The molecular weight excluding hydrogens is 340 g/mol. The van der Waals surface area contributed by atoms with Gasteiger partial charge >= 0.3 is 0 Å². The smallest absolute Gasteiger partial charge is 0.253 e. The van der Waals surface area contributed by atoms with Gasteiger partial charge < -0.3 is 14.8 Å². The van der Waals surface area contributed by atoms with E-state index in [0.29, 0.717) is 30.3 Å². The molecule has 122 valence electrons. The number of nitrogens with one attached hydrogen (secondary N) is 1. The maximum absolute atomic E-state index is 13.5. The van der Waals surface area contributed by atoms with Crippen LogP contribution in [-0.2, 0) is 6.54 Å². The molecule has 0 aliphatic carbocycles. The van der Waals surface area contributed by atoms with Gasteiger partial charge in [0, 0.05) is 6.54 Å². The fraction of sp³-hybridized carbons (Fsp3) is 0.214. The SMILES string of the molecule is Fc1nc(F)c(F)c(NCc2cc(Cl)c3c(c2)OCCO3)c1F. The maximum atomic E-state index is 13.5. The van der Waals surface area contributed by atoms with Gasteiger partial charge in [-0.25, -0.2) is 0 Å². The van der Waals surface area contributed by atoms with Crippen molar-refractivity contribution in [2.24, 2.45) is 0 Å². The Balaban J connectivity index is 1.86. The molecule has 1 aromatic heterocycles. The largest absolute Gasteiger partial charge is 0.486 e. The summed E-state index contributed by atoms with van der Waals surface area (Å²) in [5.41, 5.74) is -0.461. The topological polar surface area (TPSA) is 43.4 Å². The van der Waals surface area contributed by atoms with Crippen molar-refractivity contribution in [2.75, 3.05) is 18.5 Å². The number of benzene rings is 1. The van der Waals surface area contributed by atoms with Crippen LogP contribution in [-0.4, -0.2) is 18.2 Å². The predicted octanol–water partition coefficient (Wildman–Crippen LogP) is 3.67. The quantitative estimate of drug-likeness (QED) is 0.679. The lowest BCUT2D eigenvalue weighted by Gasteiger charge is -2.20. The van der Waals surface area contributed by atoms with Crippen LogP contribution in [0.15, 0.2) is 12.1 Å². The summed E-state index contributed by atoms with van der Waals surface area (Å²) in [7, 11) is 0. The Morgan fingerprint density at radius 3 is 2.39 bits per heavy atom. The van der Waals surface area contributed by atoms with Gasteiger partial charge in [0.1, 0.15) is 18.9 Å². The van der Waals surface area contributed by atoms with Crippen LogP contribution in [0.1, 0.15) is 5.56 Å². The molecule has 0 amide bonds. The summed E-state index contributed by atoms with van der Waals surface area (Å²) in [5, 5.41) is 2.54. The first-order chi connectivity index (χ1) is 11.0. The Hall–Kier alpha value is -2.22. The van der Waals surface area contributed by atoms with E-state index in [9.17, 15) is 17.6 Å². The second kappa shape index (κ2) is 6.11. The first-order valence-corrected chi connectivity index (χ1v) is 6.87. The molecule has 0 radical (unpaired) electrons. The molecule has 0 bridgehead atoms. The number of hydrogen-bond acceptors (Lipinski definition) is 4. The second-order valence-corrected chi connectivity index (χ2v) is 5.06. The number of ether oxygens (including phenoxy) is 2. The zero-order valence-corrected chi connectivity index (χ0v) is 12.2. The number of anilines is 1. The molecule has 0 saturated carbocycles. The summed E-state index contributed by atoms with van der Waals surface area (Å²) in [6, 6.07) is 3.04. The van der Waals surface area contributed by atoms with E-state index in [4.69, 9.17) is 21.1 Å². The number of rotatable bonds is 3. The van der Waals surface area contributed by atoms with Crippen LogP contribution in [0, 0.1) is 23.5 Å². The van der Waals surface area contributed by atoms with Crippen LogP contribution >= 0.6 is 11.6 Å². The summed E-state index contributed by atoms with van der Waals surface area (Å²) < 4.78 is 63.8. The molecule has 1 aromatic carbocycles. The Morgan fingerprint density at radius 2 is 1.70 bits per heavy atom. The van der Waals surface area contributed by atoms with Crippen molar-refractivity contribution in [3.63, 3.8) is 0 Å². The van der Waals surface area contributed by atoms with Crippen LogP contribution in [0.25, 0.3) is 0 Å². The van der Waals surface area contributed by atoms with E-state index in [1.807, 2.05) is 0 Å². The van der Waals surface area contributed by atoms with Gasteiger partial charge in [-0.3, -0.25) is 0 Å². The van der Waals surface area contributed by atoms with Crippen molar-refractivity contribution >= 4 is 17.3 Å². The van der Waals surface area contributed by atoms with E-state index in [1.54, 1.807) is 6.07 Å². The van der Waals surface area contributed by atoms with Crippen LogP contribution < -0.4 is 14.8 Å². The zero-order valence-electron chi connectivity index (χ0n) is 11.4. The molecule has 0 spiro atoms. The van der Waals surface area contributed by atoms with E-state index in [0.717, 1.165) is 0 Å². The number of aromatic nitrogens is 1. The van der Waals surface area contributed by atoms with Crippen molar-refractivity contribution in [2.45, 2.75) is 6.54 Å². The van der Waals surface area contributed by atoms with E-state index in [1.165, 1.54) is 6.07 Å². The lowest BCUT2D eigenvalue weighted by Crippen LogP contribution is -2.16. The lowest BCUT2D eigenvalue weighted by molar-refractivity contribution is 0.171. The molecule has 4 nitrogen and oxygen atoms in total. The summed E-state index contributed by atoms with van der Waals surface area (Å²) in [6.45, 7) is 0.549. The Labute approximate surface area is 133 Å². The predicted molar refractivity (Wildman–Crippen MR) is 73.8 cm³/mol. The molecule has 0 saturated heterocycles. The third-order valence-electron chi connectivity index (χ3n) is 3.12. The average Bonchev–Trinajstić information content (AvgIpc) is 2.53. The van der Waals surface area contributed by atoms with E-state index in [2.05, 4.69) is 10.3 Å². The number of halogens is 5. The number of pyridine rings is 1. The Kier molecular flexibility index (Phi) is 4.16. The minimum Gasteiger partial charge on any atom is -0.486 e. The van der Waals surface area contributed by atoms with Gasteiger partial charge in [-0.15, -0.1) is 0 Å². The van der Waals surface area contributed by atoms with Crippen molar-refractivity contribution in [1.82, 2.24) is 4.98 Å². The third kappa shape index (κ3) is 2.98. The molecule has 0 atom stereocenters. The van der Waals surface area contributed by atoms with Crippen LogP contribution in [0.4, 0.5) is 23.2 Å². The van der Waals surface area contributed by atoms with Gasteiger partial charge in [-0.05, 0) is 17.7 Å². The highest BCUT2D eigenvalue weighted by molar-refractivity contribution is 6.32. The second-order valence-electron chi connectivity index (χ2n) is 4.65. The minimum absolute atomic E-state index is 0.146. The van der Waals surface area contributed by atoms with E-state index < -0.39 is 29.2 Å². The van der Waals surface area contributed by atoms with Crippen molar-refractivity contribution < 1.29 is 27.0 Å². The number of fused-ring (bicyclic) bond motifs is 1. The first-order valence-electron chi connectivity index (χ1n) is 6.49. The van der Waals surface area contributed by atoms with Crippen molar-refractivity contribution in [1.29, 1.82) is 0 Å². The van der Waals surface area contributed by atoms with Gasteiger partial charge in [0.15, 0.2) is 11.5 Å². The molecule has 9 heteroatoms. The first kappa shape index (κ1) is 15.7. The molecule has 2 heterocycles. The summed E-state index contributed by atoms with van der Waals surface area (Å²) in [5.74, 6) is -5.91. The molecule has 23 heavy (non-hydrogen) atoms. The van der Waals surface area contributed by atoms with Gasteiger partial charge in [0.2, 0.25) is 11.6 Å². The zero-order chi connectivity index (χ0) is 16.6. The molecule has 2 aromatic rings. The highest BCUT2D eigenvalue weighted by atomic mass is 35.5. The monoisotopic (exact) mass is 348 g/mol. The van der Waals surface area contributed by atoms with Gasteiger partial charge in [-0.1, -0.05) is 11.6 Å². The highest BCUT2D eigenvalue weighted by Gasteiger charge is 2.21. The van der Waals surface area contributed by atoms with Crippen LogP contribution in [0.5, 0.6) is 11.5 Å². The van der Waals surface area contributed by atoms with Crippen molar-refractivity contribution in [3.05, 3.63) is 46.2 Å². The summed E-state index contributed by atoms with van der Waals surface area (Å²) in [4.78, 5) is 2.48. The Bertz CT molecular complexity index is 747. The normalized spacial score (nSPS) is 13.1. The maximum Gasteiger partial charge on any atom is 0.253 e. The average molecular weight is 349 g/mol. The van der Waals surface area contributed by atoms with Gasteiger partial charge in [0.05, 0.1) is 5.02 Å². The minimum atomic E-state index is -1.73. The lowest BCUT2D eigenvalue weighted by atomic mass is 10.2. The molecule has 0 unspecified atom stereocenters. The molecule has 0 fully saturated rings. The molecule has 1 N–H and O–H groups in total. The molecule has 3 rings (SSSR count). The fourth-order valence-electron chi connectivity index (χ4n) is 2.10. The molecule has 1 aliphatic rings. The van der Waals surface area contributed by atoms with E-state index in [-0.39, 0.29) is 11.6 Å². The third-order valence-corrected chi connectivity index (χ3v) is 3.40. The molecular formula is C14H9ClF4N2O2. The van der Waals surface area contributed by atoms with E-state index >= 15 is 0 Å². The summed E-state index contributed by atoms with van der Waals surface area (Å²) >= 11 is 6.03. The van der Waals surface area contributed by atoms with Gasteiger partial charge in [0.25, 0.3) is 11.9 Å². The summed E-state index contributed by atoms with van der Waals surface area (Å²) in [6.07, 6.45) is 0. The van der Waals surface area contributed by atoms with Gasteiger partial charge in [-0.2, -0.15) is 22.5 Å². The molecule has 1 aliphatic heterocycles. The number of nitrogens with zero attached hydrogens (tertiary/aromatic N) is 1. The van der Waals surface area contributed by atoms with Crippen molar-refractivity contribution in [3.8, 4) is 11.5 Å². The fourth-order valence-corrected chi connectivity index (χ4v) is 2.39. The van der Waals surface area contributed by atoms with Crippen LogP contribution in [0.3, 0.4) is 0 Å². The Morgan fingerprint density at radius 1 is 1.04 bits per heavy atom. The number of hydrogen-bond donors (Lipinski definition) is 1. The standard InChI is InChI=1S/C14H9ClF4N2O2/c15-7-3-6(4-8-12(7)23-2-1-22-8)5-20-11-9(16)13(18)21-14(19)10(11)17/h3-4H,1-2,5H2,(H,20,21). The van der Waals surface area contributed by atoms with Crippen LogP contribution in [0.2, 0.25) is 5.02 Å². The highest BCUT2D eigenvalue weighted by Crippen LogP contribution is 2.38.